The summed E-state index contributed by atoms with van der Waals surface area (Å²) in [6.45, 7) is 5.85. The third-order valence-corrected chi connectivity index (χ3v) is 5.02. The van der Waals surface area contributed by atoms with Crippen molar-refractivity contribution in [2.24, 2.45) is 0 Å². The number of ether oxygens (including phenoxy) is 1. The average molecular weight is 368 g/mol. The van der Waals surface area contributed by atoms with Gasteiger partial charge in [-0.05, 0) is 48.9 Å². The van der Waals surface area contributed by atoms with Crippen LogP contribution in [0.15, 0.2) is 47.6 Å². The molecule has 6 nitrogen and oxygen atoms in total. The van der Waals surface area contributed by atoms with E-state index in [0.717, 1.165) is 16.8 Å². The second-order valence-electron chi connectivity index (χ2n) is 6.04. The molecule has 0 aliphatic heterocycles. The summed E-state index contributed by atoms with van der Waals surface area (Å²) < 4.78 is 7.03. The Labute approximate surface area is 156 Å². The van der Waals surface area contributed by atoms with Gasteiger partial charge in [-0.2, -0.15) is 4.68 Å². The SMILES string of the molecule is COc1ccc(C)cc1-n1nnnc1S[C@H](C)C(=O)c1ccc(C)cc1. The molecule has 26 heavy (non-hydrogen) atoms. The molecule has 1 heterocycles. The molecule has 2 aromatic carbocycles. The van der Waals surface area contributed by atoms with Crippen LogP contribution in [0.1, 0.15) is 28.4 Å². The number of ketones is 1. The van der Waals surface area contributed by atoms with Gasteiger partial charge in [-0.1, -0.05) is 47.7 Å². The number of methoxy groups -OCH3 is 1. The fourth-order valence-electron chi connectivity index (χ4n) is 2.53. The fourth-order valence-corrected chi connectivity index (χ4v) is 3.41. The first-order chi connectivity index (χ1) is 12.5. The van der Waals surface area contributed by atoms with E-state index in [1.165, 1.54) is 11.8 Å². The van der Waals surface area contributed by atoms with Gasteiger partial charge in [-0.15, -0.1) is 5.10 Å². The van der Waals surface area contributed by atoms with Crippen LogP contribution in [0, 0.1) is 13.8 Å². The van der Waals surface area contributed by atoms with Crippen LogP contribution < -0.4 is 4.74 Å². The summed E-state index contributed by atoms with van der Waals surface area (Å²) in [4.78, 5) is 12.7. The number of hydrogen-bond donors (Lipinski definition) is 0. The van der Waals surface area contributed by atoms with E-state index in [9.17, 15) is 4.79 Å². The summed E-state index contributed by atoms with van der Waals surface area (Å²) in [5, 5.41) is 12.2. The van der Waals surface area contributed by atoms with Crippen LogP contribution in [-0.2, 0) is 0 Å². The number of thioether (sulfide) groups is 1. The highest BCUT2D eigenvalue weighted by Crippen LogP contribution is 2.29. The van der Waals surface area contributed by atoms with Gasteiger partial charge in [0.05, 0.1) is 12.4 Å². The molecule has 3 rings (SSSR count). The van der Waals surface area contributed by atoms with Crippen molar-refractivity contribution in [1.29, 1.82) is 0 Å². The molecule has 0 unspecified atom stereocenters. The van der Waals surface area contributed by atoms with Gasteiger partial charge in [0.15, 0.2) is 5.78 Å². The van der Waals surface area contributed by atoms with Crippen molar-refractivity contribution in [3.63, 3.8) is 0 Å². The van der Waals surface area contributed by atoms with Crippen molar-refractivity contribution < 1.29 is 9.53 Å². The lowest BCUT2D eigenvalue weighted by Crippen LogP contribution is -2.15. The lowest BCUT2D eigenvalue weighted by atomic mass is 10.1. The summed E-state index contributed by atoms with van der Waals surface area (Å²) in [7, 11) is 1.61. The quantitative estimate of drug-likeness (QED) is 0.489. The maximum atomic E-state index is 12.7. The average Bonchev–Trinajstić information content (AvgIpc) is 3.09. The van der Waals surface area contributed by atoms with Crippen molar-refractivity contribution in [2.75, 3.05) is 7.11 Å². The van der Waals surface area contributed by atoms with Crippen molar-refractivity contribution in [3.05, 3.63) is 59.2 Å². The molecule has 1 atom stereocenters. The highest BCUT2D eigenvalue weighted by molar-refractivity contribution is 8.00. The van der Waals surface area contributed by atoms with Gasteiger partial charge in [-0.25, -0.2) is 0 Å². The fraction of sp³-hybridized carbons (Fsp3) is 0.263. The topological polar surface area (TPSA) is 69.9 Å². The molecule has 1 aromatic heterocycles. The van der Waals surface area contributed by atoms with Gasteiger partial charge in [0, 0.05) is 5.56 Å². The zero-order valence-corrected chi connectivity index (χ0v) is 15.9. The van der Waals surface area contributed by atoms with Crippen molar-refractivity contribution in [2.45, 2.75) is 31.2 Å². The Balaban J connectivity index is 1.86. The summed E-state index contributed by atoms with van der Waals surface area (Å²) in [5.41, 5.74) is 3.62. The Morgan fingerprint density at radius 1 is 1.12 bits per heavy atom. The van der Waals surface area contributed by atoms with Crippen LogP contribution in [-0.4, -0.2) is 38.4 Å². The molecular weight excluding hydrogens is 348 g/mol. The van der Waals surface area contributed by atoms with E-state index in [-0.39, 0.29) is 11.0 Å². The maximum absolute atomic E-state index is 12.7. The number of carbonyl (C=O) groups excluding carboxylic acids is 1. The number of benzene rings is 2. The zero-order chi connectivity index (χ0) is 18.7. The summed E-state index contributed by atoms with van der Waals surface area (Å²) in [6, 6.07) is 13.4. The molecule has 7 heteroatoms. The maximum Gasteiger partial charge on any atom is 0.214 e. The predicted octanol–water partition coefficient (Wildman–Crippen LogP) is 3.65. The molecule has 0 amide bonds. The Morgan fingerprint density at radius 2 is 1.81 bits per heavy atom. The highest BCUT2D eigenvalue weighted by Gasteiger charge is 2.21. The van der Waals surface area contributed by atoms with Crippen LogP contribution in [0.2, 0.25) is 0 Å². The van der Waals surface area contributed by atoms with Gasteiger partial charge < -0.3 is 4.74 Å². The number of Topliss-reactive ketones (excluding diaryl/α,β-unsaturated/α-hetero) is 1. The number of rotatable bonds is 6. The Bertz CT molecular complexity index is 922. The molecule has 0 bridgehead atoms. The van der Waals surface area contributed by atoms with Gasteiger partial charge >= 0.3 is 0 Å². The number of tetrazole rings is 1. The minimum absolute atomic E-state index is 0.0424. The summed E-state index contributed by atoms with van der Waals surface area (Å²) in [5.74, 6) is 0.711. The largest absolute Gasteiger partial charge is 0.494 e. The number of aromatic nitrogens is 4. The number of nitrogens with zero attached hydrogens (tertiary/aromatic N) is 4. The molecule has 0 saturated heterocycles. The Hall–Kier alpha value is -2.67. The molecule has 0 radical (unpaired) electrons. The molecule has 3 aromatic rings. The van der Waals surface area contributed by atoms with E-state index in [0.29, 0.717) is 16.5 Å². The summed E-state index contributed by atoms with van der Waals surface area (Å²) in [6.07, 6.45) is 0. The monoisotopic (exact) mass is 368 g/mol. The highest BCUT2D eigenvalue weighted by atomic mass is 32.2. The first-order valence-corrected chi connectivity index (χ1v) is 9.08. The van der Waals surface area contributed by atoms with E-state index < -0.39 is 0 Å². The van der Waals surface area contributed by atoms with Crippen LogP contribution in [0.25, 0.3) is 5.69 Å². The zero-order valence-electron chi connectivity index (χ0n) is 15.1. The molecule has 0 saturated carbocycles. The Kier molecular flexibility index (Phi) is 5.37. The summed E-state index contributed by atoms with van der Waals surface area (Å²) >= 11 is 1.33. The molecule has 0 fully saturated rings. The van der Waals surface area contributed by atoms with Gasteiger partial charge in [0.2, 0.25) is 5.16 Å². The van der Waals surface area contributed by atoms with E-state index >= 15 is 0 Å². The van der Waals surface area contributed by atoms with Crippen molar-refractivity contribution in [1.82, 2.24) is 20.2 Å². The van der Waals surface area contributed by atoms with Crippen molar-refractivity contribution in [3.8, 4) is 11.4 Å². The third-order valence-electron chi connectivity index (χ3n) is 3.99. The van der Waals surface area contributed by atoms with Crippen LogP contribution in [0.4, 0.5) is 0 Å². The smallest absolute Gasteiger partial charge is 0.214 e. The molecule has 0 N–H and O–H groups in total. The van der Waals surface area contributed by atoms with Gasteiger partial charge in [0.1, 0.15) is 11.4 Å². The standard InChI is InChI=1S/C19H20N4O2S/c1-12-5-8-15(9-6-12)18(24)14(3)26-19-20-21-22-23(19)16-11-13(2)7-10-17(16)25-4/h5-11,14H,1-4H3/t14-/m1/s1. The minimum atomic E-state index is -0.321. The predicted molar refractivity (Wildman–Crippen MR) is 101 cm³/mol. The van der Waals surface area contributed by atoms with Gasteiger partial charge in [0.25, 0.3) is 0 Å². The van der Waals surface area contributed by atoms with Crippen molar-refractivity contribution >= 4 is 17.5 Å². The van der Waals surface area contributed by atoms with E-state index in [2.05, 4.69) is 15.5 Å². The van der Waals surface area contributed by atoms with Gasteiger partial charge in [-0.3, -0.25) is 4.79 Å². The van der Waals surface area contributed by atoms with E-state index in [4.69, 9.17) is 4.74 Å². The molecule has 0 aliphatic rings. The van der Waals surface area contributed by atoms with Crippen LogP contribution >= 0.6 is 11.8 Å². The Morgan fingerprint density at radius 3 is 2.50 bits per heavy atom. The second-order valence-corrected chi connectivity index (χ2v) is 7.35. The molecule has 0 spiro atoms. The first-order valence-electron chi connectivity index (χ1n) is 8.20. The molecule has 0 aliphatic carbocycles. The normalized spacial score (nSPS) is 12.0. The van der Waals surface area contributed by atoms with E-state index in [1.807, 2.05) is 63.2 Å². The lowest BCUT2D eigenvalue weighted by molar-refractivity contribution is 0.0994. The number of hydrogen-bond acceptors (Lipinski definition) is 6. The molecule has 134 valence electrons. The second kappa shape index (κ2) is 7.70. The first kappa shape index (κ1) is 18.1. The van der Waals surface area contributed by atoms with E-state index in [1.54, 1.807) is 11.8 Å². The van der Waals surface area contributed by atoms with Crippen LogP contribution in [0.3, 0.4) is 0 Å². The lowest BCUT2D eigenvalue weighted by Gasteiger charge is -2.12. The number of aryl methyl sites for hydroxylation is 2. The molecular formula is C19H20N4O2S. The number of carbonyl (C=O) groups is 1. The van der Waals surface area contributed by atoms with Crippen LogP contribution in [0.5, 0.6) is 5.75 Å². The third kappa shape index (κ3) is 3.77. The minimum Gasteiger partial charge on any atom is -0.494 e.